The summed E-state index contributed by atoms with van der Waals surface area (Å²) in [5.41, 5.74) is 7.45. The summed E-state index contributed by atoms with van der Waals surface area (Å²) in [6.45, 7) is 1.87. The molecule has 90 valence electrons. The molecule has 2 aromatic heterocycles. The van der Waals surface area contributed by atoms with Crippen LogP contribution in [0.1, 0.15) is 11.4 Å². The maximum Gasteiger partial charge on any atom is 0.323 e. The highest BCUT2D eigenvalue weighted by Crippen LogP contribution is 2.11. The van der Waals surface area contributed by atoms with E-state index in [1.165, 1.54) is 7.11 Å². The van der Waals surface area contributed by atoms with Crippen molar-refractivity contribution in [3.05, 3.63) is 29.8 Å². The van der Waals surface area contributed by atoms with Crippen molar-refractivity contribution in [1.82, 2.24) is 14.4 Å². The molecule has 2 aromatic rings. The standard InChI is InChI=1S/C11H14N4O2/c1-7-9(6-8(12)10(16)17-2)15-5-3-4-13-11(15)14-7/h3-5,8H,6,12H2,1-2H3. The number of hydrogen-bond donors (Lipinski definition) is 1. The van der Waals surface area contributed by atoms with Crippen molar-refractivity contribution in [2.45, 2.75) is 19.4 Å². The molecule has 2 N–H and O–H groups in total. The van der Waals surface area contributed by atoms with Gasteiger partial charge in [0.15, 0.2) is 0 Å². The molecule has 1 unspecified atom stereocenters. The summed E-state index contributed by atoms with van der Waals surface area (Å²) < 4.78 is 6.43. The lowest BCUT2D eigenvalue weighted by Gasteiger charge is -2.09. The zero-order chi connectivity index (χ0) is 12.4. The molecule has 0 saturated carbocycles. The van der Waals surface area contributed by atoms with E-state index in [0.717, 1.165) is 11.4 Å². The normalized spacial score (nSPS) is 12.6. The van der Waals surface area contributed by atoms with Gasteiger partial charge >= 0.3 is 5.97 Å². The van der Waals surface area contributed by atoms with Crippen LogP contribution in [0.25, 0.3) is 5.78 Å². The highest BCUT2D eigenvalue weighted by atomic mass is 16.5. The SMILES string of the molecule is COC(=O)C(N)Cc1c(C)nc2ncccn12. The van der Waals surface area contributed by atoms with Gasteiger partial charge in [-0.2, -0.15) is 0 Å². The van der Waals surface area contributed by atoms with Crippen LogP contribution in [0.15, 0.2) is 18.5 Å². The average molecular weight is 234 g/mol. The Morgan fingerprint density at radius 2 is 2.41 bits per heavy atom. The molecule has 0 aliphatic rings. The largest absolute Gasteiger partial charge is 0.468 e. The topological polar surface area (TPSA) is 82.5 Å². The smallest absolute Gasteiger partial charge is 0.323 e. The number of nitrogens with zero attached hydrogens (tertiary/aromatic N) is 3. The average Bonchev–Trinajstić information content (AvgIpc) is 2.65. The molecule has 1 atom stereocenters. The van der Waals surface area contributed by atoms with E-state index < -0.39 is 12.0 Å². The first-order valence-corrected chi connectivity index (χ1v) is 5.25. The first-order chi connectivity index (χ1) is 8.13. The molecule has 2 rings (SSSR count). The Labute approximate surface area is 98.4 Å². The molecule has 0 aromatic carbocycles. The lowest BCUT2D eigenvalue weighted by molar-refractivity contribution is -0.142. The fraction of sp³-hybridized carbons (Fsp3) is 0.364. The number of nitrogens with two attached hydrogens (primary N) is 1. The molecule has 0 radical (unpaired) electrons. The summed E-state index contributed by atoms with van der Waals surface area (Å²) in [5.74, 6) is 0.181. The quantitative estimate of drug-likeness (QED) is 0.760. The van der Waals surface area contributed by atoms with Gasteiger partial charge in [-0.25, -0.2) is 9.97 Å². The van der Waals surface area contributed by atoms with Crippen LogP contribution in [0.4, 0.5) is 0 Å². The number of fused-ring (bicyclic) bond motifs is 1. The van der Waals surface area contributed by atoms with Crippen LogP contribution in [-0.2, 0) is 16.0 Å². The van der Waals surface area contributed by atoms with E-state index in [-0.39, 0.29) is 0 Å². The highest BCUT2D eigenvalue weighted by molar-refractivity contribution is 5.75. The van der Waals surface area contributed by atoms with Gasteiger partial charge in [0.05, 0.1) is 12.8 Å². The van der Waals surface area contributed by atoms with E-state index in [1.54, 1.807) is 12.3 Å². The molecule has 0 saturated heterocycles. The second-order valence-corrected chi connectivity index (χ2v) is 3.77. The van der Waals surface area contributed by atoms with Gasteiger partial charge in [0.1, 0.15) is 6.04 Å². The Hall–Kier alpha value is -1.95. The van der Waals surface area contributed by atoms with E-state index >= 15 is 0 Å². The number of aryl methyl sites for hydroxylation is 1. The fourth-order valence-electron chi connectivity index (χ4n) is 1.73. The maximum absolute atomic E-state index is 11.3. The molecule has 0 spiro atoms. The Morgan fingerprint density at radius 3 is 3.12 bits per heavy atom. The number of carbonyl (C=O) groups excluding carboxylic acids is 1. The first-order valence-electron chi connectivity index (χ1n) is 5.25. The van der Waals surface area contributed by atoms with Crippen molar-refractivity contribution >= 4 is 11.7 Å². The Bertz CT molecular complexity index is 549. The van der Waals surface area contributed by atoms with Crippen LogP contribution in [-0.4, -0.2) is 33.5 Å². The number of hydrogen-bond acceptors (Lipinski definition) is 5. The van der Waals surface area contributed by atoms with Crippen LogP contribution in [0.5, 0.6) is 0 Å². The number of carbonyl (C=O) groups is 1. The van der Waals surface area contributed by atoms with Crippen molar-refractivity contribution in [3.8, 4) is 0 Å². The Morgan fingerprint density at radius 1 is 1.65 bits per heavy atom. The molecule has 17 heavy (non-hydrogen) atoms. The summed E-state index contributed by atoms with van der Waals surface area (Å²) in [4.78, 5) is 19.7. The summed E-state index contributed by atoms with van der Waals surface area (Å²) in [7, 11) is 1.32. The molecule has 0 aliphatic heterocycles. The van der Waals surface area contributed by atoms with Gasteiger partial charge in [-0.1, -0.05) is 0 Å². The van der Waals surface area contributed by atoms with Crippen LogP contribution >= 0.6 is 0 Å². The third-order valence-corrected chi connectivity index (χ3v) is 2.62. The number of esters is 1. The van der Waals surface area contributed by atoms with E-state index in [4.69, 9.17) is 5.73 Å². The van der Waals surface area contributed by atoms with Crippen molar-refractivity contribution in [2.24, 2.45) is 5.73 Å². The van der Waals surface area contributed by atoms with Crippen LogP contribution in [0.3, 0.4) is 0 Å². The van der Waals surface area contributed by atoms with E-state index in [0.29, 0.717) is 12.2 Å². The van der Waals surface area contributed by atoms with E-state index in [2.05, 4.69) is 14.7 Å². The van der Waals surface area contributed by atoms with Crippen molar-refractivity contribution in [3.63, 3.8) is 0 Å². The minimum absolute atomic E-state index is 0.380. The second-order valence-electron chi connectivity index (χ2n) is 3.77. The summed E-state index contributed by atoms with van der Waals surface area (Å²) in [6.07, 6.45) is 3.90. The first kappa shape index (κ1) is 11.5. The van der Waals surface area contributed by atoms with Gasteiger partial charge in [-0.05, 0) is 13.0 Å². The fourth-order valence-corrected chi connectivity index (χ4v) is 1.73. The molecule has 0 fully saturated rings. The van der Waals surface area contributed by atoms with Gasteiger partial charge in [0.2, 0.25) is 5.78 Å². The zero-order valence-corrected chi connectivity index (χ0v) is 9.75. The monoisotopic (exact) mass is 234 g/mol. The molecule has 6 heteroatoms. The van der Waals surface area contributed by atoms with Crippen molar-refractivity contribution in [2.75, 3.05) is 7.11 Å². The minimum atomic E-state index is -0.682. The van der Waals surface area contributed by atoms with Gasteiger partial charge in [0.25, 0.3) is 0 Å². The summed E-state index contributed by atoms with van der Waals surface area (Å²) >= 11 is 0. The zero-order valence-electron chi connectivity index (χ0n) is 9.75. The number of ether oxygens (including phenoxy) is 1. The molecule has 0 bridgehead atoms. The number of imidazole rings is 1. The third-order valence-electron chi connectivity index (χ3n) is 2.62. The van der Waals surface area contributed by atoms with Gasteiger partial charge in [-0.3, -0.25) is 9.20 Å². The number of methoxy groups -OCH3 is 1. The lowest BCUT2D eigenvalue weighted by Crippen LogP contribution is -2.34. The van der Waals surface area contributed by atoms with Crippen LogP contribution in [0.2, 0.25) is 0 Å². The van der Waals surface area contributed by atoms with Crippen LogP contribution in [0, 0.1) is 6.92 Å². The Balaban J connectivity index is 2.35. The molecule has 0 amide bonds. The molecular weight excluding hydrogens is 220 g/mol. The lowest BCUT2D eigenvalue weighted by atomic mass is 10.1. The minimum Gasteiger partial charge on any atom is -0.468 e. The predicted octanol–water partition coefficient (Wildman–Crippen LogP) is 0.0805. The number of rotatable bonds is 3. The predicted molar refractivity (Wildman–Crippen MR) is 61.4 cm³/mol. The molecule has 6 nitrogen and oxygen atoms in total. The van der Waals surface area contributed by atoms with Gasteiger partial charge in [-0.15, -0.1) is 0 Å². The molecule has 2 heterocycles. The van der Waals surface area contributed by atoms with Gasteiger partial charge in [0, 0.05) is 24.5 Å². The van der Waals surface area contributed by atoms with Gasteiger partial charge < -0.3 is 10.5 Å². The second kappa shape index (κ2) is 4.50. The molecular formula is C11H14N4O2. The van der Waals surface area contributed by atoms with Crippen molar-refractivity contribution in [1.29, 1.82) is 0 Å². The maximum atomic E-state index is 11.3. The summed E-state index contributed by atoms with van der Waals surface area (Å²) in [5, 5.41) is 0. The third kappa shape index (κ3) is 2.12. The van der Waals surface area contributed by atoms with Crippen LogP contribution < -0.4 is 5.73 Å². The van der Waals surface area contributed by atoms with E-state index in [9.17, 15) is 4.79 Å². The van der Waals surface area contributed by atoms with E-state index in [1.807, 2.05) is 17.5 Å². The number of aromatic nitrogens is 3. The Kier molecular flexibility index (Phi) is 3.06. The highest BCUT2D eigenvalue weighted by Gasteiger charge is 2.18. The summed E-state index contributed by atoms with van der Waals surface area (Å²) in [6, 6.07) is 1.13. The van der Waals surface area contributed by atoms with Crippen molar-refractivity contribution < 1.29 is 9.53 Å². The molecule has 0 aliphatic carbocycles.